The zero-order valence-corrected chi connectivity index (χ0v) is 20.1. The SMILES string of the molecule is O=C(NCCOCCOCCCCCCI)OCC1c2ccccc2-c2ccccc21. The molecule has 0 bridgehead atoms. The highest BCUT2D eigenvalue weighted by Crippen LogP contribution is 2.44. The molecule has 2 aromatic carbocycles. The van der Waals surface area contributed by atoms with Gasteiger partial charge in [-0.3, -0.25) is 0 Å². The van der Waals surface area contributed by atoms with Gasteiger partial charge in [0.1, 0.15) is 6.61 Å². The summed E-state index contributed by atoms with van der Waals surface area (Å²) < 4.78 is 17.8. The highest BCUT2D eigenvalue weighted by Gasteiger charge is 2.28. The molecule has 0 radical (unpaired) electrons. The molecule has 1 aliphatic rings. The van der Waals surface area contributed by atoms with Crippen molar-refractivity contribution in [2.24, 2.45) is 0 Å². The summed E-state index contributed by atoms with van der Waals surface area (Å²) in [6.07, 6.45) is 4.51. The monoisotopic (exact) mass is 537 g/mol. The Bertz CT molecular complexity index is 768. The van der Waals surface area contributed by atoms with E-state index in [4.69, 9.17) is 14.2 Å². The smallest absolute Gasteiger partial charge is 0.407 e. The highest BCUT2D eigenvalue weighted by atomic mass is 127. The Kier molecular flexibility index (Phi) is 10.6. The predicted molar refractivity (Wildman–Crippen MR) is 132 cm³/mol. The number of alkyl carbamates (subject to hydrolysis) is 1. The van der Waals surface area contributed by atoms with Gasteiger partial charge in [-0.1, -0.05) is 84.0 Å². The molecule has 0 spiro atoms. The van der Waals surface area contributed by atoms with E-state index in [1.807, 2.05) is 24.3 Å². The van der Waals surface area contributed by atoms with E-state index < -0.39 is 6.09 Å². The van der Waals surface area contributed by atoms with Crippen molar-refractivity contribution < 1.29 is 19.0 Å². The van der Waals surface area contributed by atoms with Gasteiger partial charge in [0, 0.05) is 19.1 Å². The molecule has 5 nitrogen and oxygen atoms in total. The summed E-state index contributed by atoms with van der Waals surface area (Å²) in [5.74, 6) is 0.0770. The molecule has 0 saturated carbocycles. The number of ether oxygens (including phenoxy) is 3. The molecule has 0 unspecified atom stereocenters. The Hall–Kier alpha value is -1.64. The Morgan fingerprint density at radius 2 is 1.42 bits per heavy atom. The van der Waals surface area contributed by atoms with Crippen LogP contribution in [0, 0.1) is 0 Å². The molecule has 0 fully saturated rings. The minimum absolute atomic E-state index is 0.0770. The van der Waals surface area contributed by atoms with Crippen LogP contribution in [0.4, 0.5) is 4.79 Å². The number of hydrogen-bond donors (Lipinski definition) is 1. The zero-order valence-electron chi connectivity index (χ0n) is 18.0. The summed E-state index contributed by atoms with van der Waals surface area (Å²) in [5, 5.41) is 2.76. The maximum atomic E-state index is 12.1. The number of halogens is 1. The molecule has 31 heavy (non-hydrogen) atoms. The van der Waals surface area contributed by atoms with Crippen molar-refractivity contribution in [3.8, 4) is 11.1 Å². The van der Waals surface area contributed by atoms with Gasteiger partial charge in [-0.25, -0.2) is 4.79 Å². The molecular weight excluding hydrogens is 505 g/mol. The van der Waals surface area contributed by atoms with Gasteiger partial charge in [0.05, 0.1) is 19.8 Å². The Balaban J connectivity index is 1.26. The molecule has 2 aromatic rings. The molecule has 1 aliphatic carbocycles. The van der Waals surface area contributed by atoms with Crippen molar-refractivity contribution in [3.05, 3.63) is 59.7 Å². The number of fused-ring (bicyclic) bond motifs is 3. The van der Waals surface area contributed by atoms with Gasteiger partial charge in [0.25, 0.3) is 0 Å². The standard InChI is InChI=1S/C25H32INO4/c26-13-7-1-2-8-15-29-17-18-30-16-14-27-25(28)31-19-24-22-11-5-3-9-20(22)21-10-4-6-12-23(21)24/h3-6,9-12,24H,1-2,7-8,13-19H2,(H,27,28). The highest BCUT2D eigenvalue weighted by molar-refractivity contribution is 14.1. The van der Waals surface area contributed by atoms with Gasteiger partial charge in [-0.05, 0) is 39.5 Å². The first-order chi connectivity index (χ1) is 15.3. The Morgan fingerprint density at radius 1 is 0.806 bits per heavy atom. The summed E-state index contributed by atoms with van der Waals surface area (Å²) in [7, 11) is 0. The minimum atomic E-state index is -0.409. The molecule has 0 heterocycles. The lowest BCUT2D eigenvalue weighted by Crippen LogP contribution is -2.29. The third-order valence-corrected chi connectivity index (χ3v) is 6.17. The maximum Gasteiger partial charge on any atom is 0.407 e. The third-order valence-electron chi connectivity index (χ3n) is 5.40. The number of benzene rings is 2. The fourth-order valence-electron chi connectivity index (χ4n) is 3.85. The van der Waals surface area contributed by atoms with Gasteiger partial charge in [0.2, 0.25) is 0 Å². The van der Waals surface area contributed by atoms with Crippen molar-refractivity contribution >= 4 is 28.7 Å². The average Bonchev–Trinajstić information content (AvgIpc) is 3.12. The van der Waals surface area contributed by atoms with Crippen LogP contribution in [0.1, 0.15) is 42.7 Å². The summed E-state index contributed by atoms with van der Waals surface area (Å²) in [4.78, 5) is 12.1. The topological polar surface area (TPSA) is 56.8 Å². The van der Waals surface area contributed by atoms with Gasteiger partial charge < -0.3 is 19.5 Å². The second-order valence-corrected chi connectivity index (χ2v) is 8.66. The summed E-state index contributed by atoms with van der Waals surface area (Å²) in [6, 6.07) is 16.6. The number of carbonyl (C=O) groups excluding carboxylic acids is 1. The zero-order chi connectivity index (χ0) is 21.7. The summed E-state index contributed by atoms with van der Waals surface area (Å²) >= 11 is 2.41. The molecule has 168 valence electrons. The summed E-state index contributed by atoms with van der Waals surface area (Å²) in [6.45, 7) is 3.13. The fourth-order valence-corrected chi connectivity index (χ4v) is 4.39. The number of rotatable bonds is 14. The van der Waals surface area contributed by atoms with Gasteiger partial charge in [-0.2, -0.15) is 0 Å². The maximum absolute atomic E-state index is 12.1. The Morgan fingerprint density at radius 3 is 2.10 bits per heavy atom. The molecule has 6 heteroatoms. The Labute approximate surface area is 199 Å². The second kappa shape index (κ2) is 13.7. The number of nitrogens with one attached hydrogen (secondary N) is 1. The van der Waals surface area contributed by atoms with Crippen molar-refractivity contribution in [1.82, 2.24) is 5.32 Å². The van der Waals surface area contributed by atoms with Crippen LogP contribution in [0.2, 0.25) is 0 Å². The molecule has 0 saturated heterocycles. The van der Waals surface area contributed by atoms with E-state index in [2.05, 4.69) is 52.2 Å². The second-order valence-electron chi connectivity index (χ2n) is 7.58. The van der Waals surface area contributed by atoms with Crippen LogP contribution in [0.5, 0.6) is 0 Å². The van der Waals surface area contributed by atoms with Gasteiger partial charge in [-0.15, -0.1) is 0 Å². The first kappa shape index (κ1) is 24.0. The molecular formula is C25H32INO4. The number of amides is 1. The van der Waals surface area contributed by atoms with Crippen molar-refractivity contribution in [2.75, 3.05) is 44.0 Å². The van der Waals surface area contributed by atoms with Crippen molar-refractivity contribution in [1.29, 1.82) is 0 Å². The fraction of sp³-hybridized carbons (Fsp3) is 0.480. The molecule has 0 aromatic heterocycles. The molecule has 0 atom stereocenters. The molecule has 0 aliphatic heterocycles. The van der Waals surface area contributed by atoms with Crippen LogP contribution >= 0.6 is 22.6 Å². The van der Waals surface area contributed by atoms with Crippen molar-refractivity contribution in [3.63, 3.8) is 0 Å². The van der Waals surface area contributed by atoms with Crippen molar-refractivity contribution in [2.45, 2.75) is 31.6 Å². The van der Waals surface area contributed by atoms with Gasteiger partial charge >= 0.3 is 6.09 Å². The van der Waals surface area contributed by atoms with Crippen LogP contribution < -0.4 is 5.32 Å². The normalized spacial score (nSPS) is 12.4. The van der Waals surface area contributed by atoms with E-state index in [9.17, 15) is 4.79 Å². The lowest BCUT2D eigenvalue weighted by Gasteiger charge is -2.14. The molecule has 1 N–H and O–H groups in total. The van der Waals surface area contributed by atoms with Crippen LogP contribution in [-0.4, -0.2) is 50.1 Å². The minimum Gasteiger partial charge on any atom is -0.449 e. The largest absolute Gasteiger partial charge is 0.449 e. The van der Waals surface area contributed by atoms with E-state index in [0.29, 0.717) is 33.0 Å². The van der Waals surface area contributed by atoms with E-state index >= 15 is 0 Å². The first-order valence-electron chi connectivity index (χ1n) is 11.1. The van der Waals surface area contributed by atoms with E-state index in [1.165, 1.54) is 45.9 Å². The predicted octanol–water partition coefficient (Wildman–Crippen LogP) is 5.55. The average molecular weight is 537 g/mol. The van der Waals surface area contributed by atoms with Gasteiger partial charge in [0.15, 0.2) is 0 Å². The van der Waals surface area contributed by atoms with Crippen LogP contribution in [0.3, 0.4) is 0 Å². The summed E-state index contributed by atoms with van der Waals surface area (Å²) in [5.41, 5.74) is 4.88. The van der Waals surface area contributed by atoms with Crippen LogP contribution in [-0.2, 0) is 14.2 Å². The quantitative estimate of drug-likeness (QED) is 0.195. The van der Waals surface area contributed by atoms with E-state index in [-0.39, 0.29) is 5.92 Å². The molecule has 1 amide bonds. The van der Waals surface area contributed by atoms with E-state index in [1.54, 1.807) is 0 Å². The lowest BCUT2D eigenvalue weighted by atomic mass is 9.98. The number of alkyl halides is 1. The molecule has 3 rings (SSSR count). The van der Waals surface area contributed by atoms with Crippen LogP contribution in [0.15, 0.2) is 48.5 Å². The number of hydrogen-bond acceptors (Lipinski definition) is 4. The first-order valence-corrected chi connectivity index (χ1v) is 12.6. The lowest BCUT2D eigenvalue weighted by molar-refractivity contribution is 0.0468. The van der Waals surface area contributed by atoms with E-state index in [0.717, 1.165) is 13.0 Å². The van der Waals surface area contributed by atoms with Crippen LogP contribution in [0.25, 0.3) is 11.1 Å². The number of unbranched alkanes of at least 4 members (excludes halogenated alkanes) is 3. The number of carbonyl (C=O) groups is 1. The third kappa shape index (κ3) is 7.47.